The number of hydrogen-bond donors (Lipinski definition) is 1. The minimum absolute atomic E-state index is 0.116. The number of aromatic nitrogens is 1. The first-order valence-electron chi connectivity index (χ1n) is 10.2. The van der Waals surface area contributed by atoms with Crippen LogP contribution in [0.1, 0.15) is 16.7 Å². The van der Waals surface area contributed by atoms with Crippen molar-refractivity contribution in [2.24, 2.45) is 10.2 Å². The van der Waals surface area contributed by atoms with Gasteiger partial charge < -0.3 is 14.9 Å². The van der Waals surface area contributed by atoms with E-state index in [-0.39, 0.29) is 6.61 Å². The van der Waals surface area contributed by atoms with Gasteiger partial charge in [-0.25, -0.2) is 4.57 Å². The van der Waals surface area contributed by atoms with Crippen molar-refractivity contribution in [3.63, 3.8) is 0 Å². The Bertz CT molecular complexity index is 968. The lowest BCUT2D eigenvalue weighted by atomic mass is 10.0. The summed E-state index contributed by atoms with van der Waals surface area (Å²) in [5.41, 5.74) is 6.05. The molecule has 2 aromatic carbocycles. The molecule has 1 N–H and O–H groups in total. The van der Waals surface area contributed by atoms with Crippen LogP contribution in [0.3, 0.4) is 0 Å². The van der Waals surface area contributed by atoms with Gasteiger partial charge in [-0.05, 0) is 24.3 Å². The van der Waals surface area contributed by atoms with Crippen molar-refractivity contribution in [2.75, 3.05) is 44.6 Å². The van der Waals surface area contributed by atoms with Crippen LogP contribution in [0.15, 0.2) is 83.3 Å². The molecule has 6 heteroatoms. The number of anilines is 2. The minimum atomic E-state index is 0.116. The van der Waals surface area contributed by atoms with Gasteiger partial charge in [0.1, 0.15) is 12.3 Å². The quantitative estimate of drug-likeness (QED) is 0.349. The molecule has 0 saturated heterocycles. The monoisotopic (exact) mass is 416 g/mol. The van der Waals surface area contributed by atoms with Crippen molar-refractivity contribution in [3.05, 3.63) is 89.7 Å². The maximum Gasteiger partial charge on any atom is 0.171 e. The first kappa shape index (κ1) is 22.2. The maximum atomic E-state index is 9.03. The fraction of sp³-hybridized carbons (Fsp3) is 0.240. The van der Waals surface area contributed by atoms with Gasteiger partial charge in [-0.3, -0.25) is 0 Å². The summed E-state index contributed by atoms with van der Waals surface area (Å²) >= 11 is 0. The molecule has 0 bridgehead atoms. The van der Waals surface area contributed by atoms with E-state index in [0.717, 1.165) is 33.8 Å². The molecule has 0 atom stereocenters. The average Bonchev–Trinajstić information content (AvgIpc) is 2.78. The summed E-state index contributed by atoms with van der Waals surface area (Å²) in [6, 6.07) is 20.5. The summed E-state index contributed by atoms with van der Waals surface area (Å²) in [7, 11) is 8.10. The molecule has 0 spiro atoms. The van der Waals surface area contributed by atoms with Gasteiger partial charge in [-0.1, -0.05) is 24.3 Å². The summed E-state index contributed by atoms with van der Waals surface area (Å²) in [6.45, 7) is 0.691. The average molecular weight is 417 g/mol. The molecule has 3 aromatic rings. The number of aliphatic hydroxyl groups excluding tert-OH is 1. The Kier molecular flexibility index (Phi) is 7.51. The predicted octanol–water partition coefficient (Wildman–Crippen LogP) is 2.97. The summed E-state index contributed by atoms with van der Waals surface area (Å²) < 4.78 is 1.92. The van der Waals surface area contributed by atoms with Gasteiger partial charge in [-0.15, -0.1) is 5.10 Å². The van der Waals surface area contributed by atoms with E-state index in [0.29, 0.717) is 6.54 Å². The van der Waals surface area contributed by atoms with E-state index in [1.807, 2.05) is 57.3 Å². The number of hydrogen-bond acceptors (Lipinski definition) is 5. The van der Waals surface area contributed by atoms with Crippen LogP contribution in [0.5, 0.6) is 0 Å². The molecule has 3 rings (SSSR count). The predicted molar refractivity (Wildman–Crippen MR) is 128 cm³/mol. The van der Waals surface area contributed by atoms with E-state index >= 15 is 0 Å². The van der Waals surface area contributed by atoms with Crippen LogP contribution in [-0.4, -0.2) is 51.8 Å². The number of pyridine rings is 1. The topological polar surface area (TPSA) is 55.3 Å². The zero-order valence-electron chi connectivity index (χ0n) is 18.6. The highest BCUT2D eigenvalue weighted by atomic mass is 16.3. The number of aliphatic hydroxyl groups is 1. The van der Waals surface area contributed by atoms with Crippen LogP contribution in [0.4, 0.5) is 11.4 Å². The van der Waals surface area contributed by atoms with E-state index in [1.54, 1.807) is 6.21 Å². The van der Waals surface area contributed by atoms with Crippen molar-refractivity contribution < 1.29 is 9.67 Å². The van der Waals surface area contributed by atoms with Crippen LogP contribution in [-0.2, 0) is 6.54 Å². The second-order valence-electron chi connectivity index (χ2n) is 7.67. The largest absolute Gasteiger partial charge is 0.390 e. The third-order valence-electron chi connectivity index (χ3n) is 4.95. The van der Waals surface area contributed by atoms with Crippen LogP contribution in [0.25, 0.3) is 0 Å². The lowest BCUT2D eigenvalue weighted by Gasteiger charge is -2.15. The van der Waals surface area contributed by atoms with E-state index in [2.05, 4.69) is 68.5 Å². The molecular formula is C25H30N5O+. The van der Waals surface area contributed by atoms with Gasteiger partial charge in [0.05, 0.1) is 6.21 Å². The van der Waals surface area contributed by atoms with E-state index in [9.17, 15) is 0 Å². The van der Waals surface area contributed by atoms with E-state index < -0.39 is 0 Å². The van der Waals surface area contributed by atoms with Crippen molar-refractivity contribution in [3.8, 4) is 0 Å². The molecule has 0 radical (unpaired) electrons. The molecule has 0 saturated carbocycles. The second-order valence-corrected chi connectivity index (χ2v) is 7.67. The smallest absolute Gasteiger partial charge is 0.171 e. The van der Waals surface area contributed by atoms with Crippen molar-refractivity contribution in [2.45, 2.75) is 6.54 Å². The van der Waals surface area contributed by atoms with Gasteiger partial charge >= 0.3 is 0 Å². The van der Waals surface area contributed by atoms with Gasteiger partial charge in [0.15, 0.2) is 18.9 Å². The van der Waals surface area contributed by atoms with Gasteiger partial charge in [0.2, 0.25) is 0 Å². The van der Waals surface area contributed by atoms with Crippen LogP contribution in [0.2, 0.25) is 0 Å². The molecule has 6 nitrogen and oxygen atoms in total. The Balaban J connectivity index is 1.92. The summed E-state index contributed by atoms with van der Waals surface area (Å²) in [5.74, 6) is 0. The van der Waals surface area contributed by atoms with Crippen molar-refractivity contribution >= 4 is 23.3 Å². The van der Waals surface area contributed by atoms with Crippen LogP contribution < -0.4 is 14.4 Å². The van der Waals surface area contributed by atoms with Crippen molar-refractivity contribution in [1.29, 1.82) is 0 Å². The fourth-order valence-corrected chi connectivity index (χ4v) is 3.09. The van der Waals surface area contributed by atoms with Crippen LogP contribution >= 0.6 is 0 Å². The number of benzene rings is 2. The highest BCUT2D eigenvalue weighted by Gasteiger charge is 2.09. The molecule has 1 aromatic heterocycles. The SMILES string of the molecule is CN(C)c1ccc(C(=N/N=C/c2cc[n+](CCO)cc2)c2ccc(N(C)C)cc2)cc1. The Hall–Kier alpha value is -3.51. The lowest BCUT2D eigenvalue weighted by Crippen LogP contribution is -2.34. The molecule has 160 valence electrons. The van der Waals surface area contributed by atoms with Crippen molar-refractivity contribution in [1.82, 2.24) is 0 Å². The normalized spacial score (nSPS) is 10.9. The summed E-state index contributed by atoms with van der Waals surface area (Å²) in [5, 5.41) is 18.0. The third kappa shape index (κ3) is 5.99. The Morgan fingerprint density at radius 1 is 0.806 bits per heavy atom. The highest BCUT2D eigenvalue weighted by molar-refractivity contribution is 6.13. The number of rotatable bonds is 8. The lowest BCUT2D eigenvalue weighted by molar-refractivity contribution is -0.698. The molecule has 0 aliphatic heterocycles. The first-order valence-corrected chi connectivity index (χ1v) is 10.2. The molecular weight excluding hydrogens is 386 g/mol. The van der Waals surface area contributed by atoms with Gasteiger partial charge in [-0.2, -0.15) is 5.10 Å². The van der Waals surface area contributed by atoms with E-state index in [4.69, 9.17) is 5.11 Å². The molecule has 0 amide bonds. The second kappa shape index (κ2) is 10.5. The van der Waals surface area contributed by atoms with Crippen LogP contribution in [0, 0.1) is 0 Å². The Morgan fingerprint density at radius 2 is 1.29 bits per heavy atom. The molecule has 0 aliphatic carbocycles. The van der Waals surface area contributed by atoms with Gasteiger partial charge in [0, 0.05) is 68.4 Å². The highest BCUT2D eigenvalue weighted by Crippen LogP contribution is 2.19. The molecule has 1 heterocycles. The molecule has 31 heavy (non-hydrogen) atoms. The van der Waals surface area contributed by atoms with Gasteiger partial charge in [0.25, 0.3) is 0 Å². The standard InChI is InChI=1S/C25H30N5O/c1-28(2)23-9-5-21(6-10-23)25(22-7-11-24(12-8-22)29(3)4)27-26-19-20-13-15-30(16-14-20)17-18-31/h5-16,19,31H,17-18H2,1-4H3/q+1. The maximum absolute atomic E-state index is 9.03. The number of nitrogens with zero attached hydrogens (tertiary/aromatic N) is 5. The zero-order chi connectivity index (χ0) is 22.2. The Labute approximate surface area is 184 Å². The molecule has 0 fully saturated rings. The Morgan fingerprint density at radius 3 is 1.71 bits per heavy atom. The first-order chi connectivity index (χ1) is 15.0. The molecule has 0 unspecified atom stereocenters. The minimum Gasteiger partial charge on any atom is -0.390 e. The third-order valence-corrected chi connectivity index (χ3v) is 4.95. The summed E-state index contributed by atoms with van der Waals surface area (Å²) in [6.07, 6.45) is 5.58. The summed E-state index contributed by atoms with van der Waals surface area (Å²) in [4.78, 5) is 4.15. The zero-order valence-corrected chi connectivity index (χ0v) is 18.6. The fourth-order valence-electron chi connectivity index (χ4n) is 3.09. The molecule has 0 aliphatic rings. The van der Waals surface area contributed by atoms with E-state index in [1.165, 1.54) is 0 Å².